The molecule has 0 aliphatic carbocycles. The van der Waals surface area contributed by atoms with Crippen LogP contribution >= 0.6 is 0 Å². The van der Waals surface area contributed by atoms with E-state index in [2.05, 4.69) is 69.6 Å². The first-order chi connectivity index (χ1) is 18.5. The number of aliphatic hydroxyl groups excluding tert-OH is 1. The summed E-state index contributed by atoms with van der Waals surface area (Å²) in [5.74, 6) is -0.274. The summed E-state index contributed by atoms with van der Waals surface area (Å²) in [5.41, 5.74) is 0. The van der Waals surface area contributed by atoms with Gasteiger partial charge in [-0.2, -0.15) is 0 Å². The number of aliphatic hydroxyl groups is 1. The van der Waals surface area contributed by atoms with Crippen molar-refractivity contribution in [2.45, 2.75) is 142 Å². The van der Waals surface area contributed by atoms with Crippen LogP contribution in [-0.2, 0) is 22.9 Å². The van der Waals surface area contributed by atoms with E-state index in [-0.39, 0.29) is 24.1 Å². The number of hydrogen-bond acceptors (Lipinski definition) is 7. The van der Waals surface area contributed by atoms with Gasteiger partial charge in [-0.1, -0.05) is 55.6 Å². The Morgan fingerprint density at radius 3 is 2.05 bits per heavy atom. The predicted molar refractivity (Wildman–Crippen MR) is 176 cm³/mol. The Kier molecular flexibility index (Phi) is 19.4. The number of hydrogen-bond donors (Lipinski definition) is 1. The molecule has 0 aromatic heterocycles. The normalized spacial score (nSPS) is 16.5. The van der Waals surface area contributed by atoms with Gasteiger partial charge in [-0.3, -0.25) is 4.79 Å². The molecule has 40 heavy (non-hydrogen) atoms. The van der Waals surface area contributed by atoms with E-state index in [0.29, 0.717) is 19.3 Å². The molecule has 0 aliphatic rings. The van der Waals surface area contributed by atoms with E-state index in [9.17, 15) is 9.90 Å². The number of allylic oxidation sites excluding steroid dienone is 2. The van der Waals surface area contributed by atoms with E-state index in [0.717, 1.165) is 25.7 Å². The third-order valence-electron chi connectivity index (χ3n) is 5.81. The molecule has 0 rings (SSSR count). The molecule has 0 saturated carbocycles. The third kappa shape index (κ3) is 22.6. The lowest BCUT2D eigenvalue weighted by Crippen LogP contribution is -2.40. The molecule has 0 aromatic rings. The summed E-state index contributed by atoms with van der Waals surface area (Å²) in [4.78, 5) is 16.9. The van der Waals surface area contributed by atoms with Crippen molar-refractivity contribution in [1.29, 1.82) is 0 Å². The van der Waals surface area contributed by atoms with Crippen molar-refractivity contribution in [1.82, 2.24) is 0 Å². The van der Waals surface area contributed by atoms with Crippen LogP contribution in [0.15, 0.2) is 29.5 Å². The van der Waals surface area contributed by atoms with E-state index in [1.165, 1.54) is 20.0 Å². The zero-order valence-electron chi connectivity index (χ0n) is 27.5. The molecular weight excluding hydrogens is 555 g/mol. The fourth-order valence-electron chi connectivity index (χ4n) is 4.25. The minimum absolute atomic E-state index is 0.00591. The molecule has 0 aromatic carbocycles. The zero-order valence-corrected chi connectivity index (χ0v) is 30.5. The quantitative estimate of drug-likeness (QED) is 0.0436. The van der Waals surface area contributed by atoms with Gasteiger partial charge in [0.05, 0.1) is 18.3 Å². The van der Waals surface area contributed by atoms with Crippen LogP contribution in [-0.4, -0.2) is 67.7 Å². The Hall–Kier alpha value is -1.05. The lowest BCUT2D eigenvalue weighted by atomic mass is 9.89. The Morgan fingerprint density at radius 2 is 1.50 bits per heavy atom. The van der Waals surface area contributed by atoms with Crippen molar-refractivity contribution in [3.63, 3.8) is 0 Å². The molecule has 0 saturated heterocycles. The van der Waals surface area contributed by atoms with Crippen LogP contribution in [0.4, 0.5) is 0 Å². The number of carbonyl (C=O) groups excluding carboxylic acids is 1. The van der Waals surface area contributed by atoms with Crippen molar-refractivity contribution in [3.8, 4) is 0 Å². The average Bonchev–Trinajstić information content (AvgIpc) is 2.78. The van der Waals surface area contributed by atoms with Crippen LogP contribution in [0.1, 0.15) is 64.7 Å². The van der Waals surface area contributed by atoms with E-state index in [1.54, 1.807) is 6.21 Å². The first-order valence-corrected chi connectivity index (χ1v) is 25.3. The van der Waals surface area contributed by atoms with Gasteiger partial charge in [0.2, 0.25) is 8.32 Å². The molecule has 7 nitrogen and oxygen atoms in total. The van der Waals surface area contributed by atoms with Gasteiger partial charge in [-0.15, -0.1) is 0 Å². The maximum Gasteiger partial charge on any atom is 0.292 e. The molecule has 0 amide bonds. The first kappa shape index (κ1) is 39.0. The van der Waals surface area contributed by atoms with Crippen LogP contribution in [0.3, 0.4) is 0 Å². The molecule has 0 bridgehead atoms. The number of nitrogens with zero attached hydrogens (tertiary/aromatic N) is 1. The van der Waals surface area contributed by atoms with Crippen LogP contribution < -0.4 is 0 Å². The summed E-state index contributed by atoms with van der Waals surface area (Å²) >= 11 is 0. The molecule has 10 heteroatoms. The standard InChI is InChI=1S/C30H61NO6Si3/c1-12-13-16-19-26(35-38(3,4)5)22-23-28(32)27(29(24-25-31-34-2)36-39(6,7)8)20-17-14-15-18-21-30(33)37-40(9,10)11/h14,17,22-23,25-29,32H,12-13,15-16,18-21,24H2,1-11H3/b17-14-,23-22+,31-25+/t26-,27+,28-,29-/m0/s1. The van der Waals surface area contributed by atoms with Crippen molar-refractivity contribution in [2.24, 2.45) is 11.1 Å². The van der Waals surface area contributed by atoms with Crippen molar-refractivity contribution < 1.29 is 28.0 Å². The van der Waals surface area contributed by atoms with Gasteiger partial charge in [0, 0.05) is 25.0 Å². The summed E-state index contributed by atoms with van der Waals surface area (Å²) in [6.07, 6.45) is 16.6. The topological polar surface area (TPSA) is 86.6 Å². The maximum absolute atomic E-state index is 12.0. The summed E-state index contributed by atoms with van der Waals surface area (Å²) in [6, 6.07) is 0. The lowest BCUT2D eigenvalue weighted by Gasteiger charge is -2.33. The van der Waals surface area contributed by atoms with Gasteiger partial charge in [0.25, 0.3) is 5.97 Å². The first-order valence-electron chi connectivity index (χ1n) is 15.1. The van der Waals surface area contributed by atoms with Gasteiger partial charge in [0.1, 0.15) is 7.11 Å². The van der Waals surface area contributed by atoms with Crippen molar-refractivity contribution >= 4 is 37.1 Å². The third-order valence-corrected chi connectivity index (χ3v) is 8.67. The second-order valence-electron chi connectivity index (χ2n) is 13.5. The molecule has 1 N–H and O–H groups in total. The highest BCUT2D eigenvalue weighted by atomic mass is 28.4. The molecule has 0 radical (unpaired) electrons. The van der Waals surface area contributed by atoms with Crippen LogP contribution in [0.5, 0.6) is 0 Å². The zero-order chi connectivity index (χ0) is 30.8. The fourth-order valence-corrected chi connectivity index (χ4v) is 7.32. The SMILES string of the molecule is CCCCC[C@@H](/C=C/[C@H](O)[C@@H](C/C=C\CCCC(=O)O[Si](C)(C)C)[C@H](C/C=N/OC)O[Si](C)(C)C)O[Si](C)(C)C. The second-order valence-corrected chi connectivity index (χ2v) is 26.8. The van der Waals surface area contributed by atoms with Crippen LogP contribution in [0.25, 0.3) is 0 Å². The lowest BCUT2D eigenvalue weighted by molar-refractivity contribution is -0.135. The molecule has 234 valence electrons. The molecule has 0 spiro atoms. The largest absolute Gasteiger partial charge is 0.520 e. The number of oxime groups is 1. The van der Waals surface area contributed by atoms with Crippen molar-refractivity contribution in [2.75, 3.05) is 7.11 Å². The summed E-state index contributed by atoms with van der Waals surface area (Å²) in [6.45, 7) is 21.4. The highest BCUT2D eigenvalue weighted by Crippen LogP contribution is 2.26. The Morgan fingerprint density at radius 1 is 0.850 bits per heavy atom. The Labute approximate surface area is 249 Å². The molecule has 0 heterocycles. The Balaban J connectivity index is 5.68. The van der Waals surface area contributed by atoms with Gasteiger partial charge < -0.3 is 23.2 Å². The van der Waals surface area contributed by atoms with Gasteiger partial charge in [-0.05, 0) is 84.6 Å². The fraction of sp³-hybridized carbons (Fsp3) is 0.800. The van der Waals surface area contributed by atoms with E-state index >= 15 is 0 Å². The van der Waals surface area contributed by atoms with Crippen LogP contribution in [0, 0.1) is 5.92 Å². The Bertz CT molecular complexity index is 769. The molecule has 0 aliphatic heterocycles. The minimum Gasteiger partial charge on any atom is -0.520 e. The van der Waals surface area contributed by atoms with Gasteiger partial charge >= 0.3 is 0 Å². The van der Waals surface area contributed by atoms with Gasteiger partial charge in [0.15, 0.2) is 16.6 Å². The number of rotatable bonds is 22. The molecule has 0 fully saturated rings. The average molecular weight is 616 g/mol. The second kappa shape index (κ2) is 20.0. The highest BCUT2D eigenvalue weighted by Gasteiger charge is 2.31. The smallest absolute Gasteiger partial charge is 0.292 e. The molecule has 4 atom stereocenters. The molecular formula is C30H61NO6Si3. The van der Waals surface area contributed by atoms with Gasteiger partial charge in [-0.25, -0.2) is 0 Å². The van der Waals surface area contributed by atoms with E-state index < -0.39 is 31.1 Å². The molecule has 0 unspecified atom stereocenters. The predicted octanol–water partition coefficient (Wildman–Crippen LogP) is 8.06. The summed E-state index contributed by atoms with van der Waals surface area (Å²) in [7, 11) is -3.97. The number of carbonyl (C=O) groups is 1. The summed E-state index contributed by atoms with van der Waals surface area (Å²) < 4.78 is 18.6. The monoisotopic (exact) mass is 615 g/mol. The van der Waals surface area contributed by atoms with Crippen molar-refractivity contribution in [3.05, 3.63) is 24.3 Å². The van der Waals surface area contributed by atoms with E-state index in [1.807, 2.05) is 25.7 Å². The number of unbranched alkanes of at least 4 members (excludes halogenated alkanes) is 3. The van der Waals surface area contributed by atoms with E-state index in [4.69, 9.17) is 18.1 Å². The highest BCUT2D eigenvalue weighted by molar-refractivity contribution is 6.71. The minimum atomic E-state index is -1.91. The van der Waals surface area contributed by atoms with Crippen LogP contribution in [0.2, 0.25) is 58.9 Å². The maximum atomic E-state index is 12.0. The summed E-state index contributed by atoms with van der Waals surface area (Å²) in [5, 5.41) is 15.4.